The number of nitrogens with zero attached hydrogens (tertiary/aromatic N) is 1. The van der Waals surface area contributed by atoms with Crippen molar-refractivity contribution in [2.75, 3.05) is 12.3 Å². The maximum Gasteiger partial charge on any atom is 0.323 e. The molecule has 1 aromatic rings. The summed E-state index contributed by atoms with van der Waals surface area (Å²) < 4.78 is 25.9. The maximum atomic E-state index is 13.1. The van der Waals surface area contributed by atoms with E-state index < -0.39 is 29.7 Å². The second-order valence-corrected chi connectivity index (χ2v) is 6.46. The molecule has 0 aliphatic carbocycles. The molecule has 116 valence electrons. The van der Waals surface area contributed by atoms with E-state index >= 15 is 0 Å². The predicted octanol–water partition coefficient (Wildman–Crippen LogP) is 2.77. The number of carboxylic acid groups (broad SMARTS) is 1. The zero-order valence-corrected chi connectivity index (χ0v) is 12.8. The highest BCUT2D eigenvalue weighted by atomic mass is 32.2. The van der Waals surface area contributed by atoms with Crippen LogP contribution in [-0.2, 0) is 9.59 Å². The van der Waals surface area contributed by atoms with E-state index in [1.807, 2.05) is 0 Å². The number of thioether (sulfide) groups is 1. The Labute approximate surface area is 126 Å². The molecule has 21 heavy (non-hydrogen) atoms. The molecule has 0 bridgehead atoms. The van der Waals surface area contributed by atoms with Gasteiger partial charge in [-0.25, -0.2) is 8.78 Å². The summed E-state index contributed by atoms with van der Waals surface area (Å²) in [7, 11) is 0. The van der Waals surface area contributed by atoms with Crippen LogP contribution < -0.4 is 0 Å². The number of benzene rings is 1. The third-order valence-corrected chi connectivity index (χ3v) is 3.64. The number of hydrogen-bond donors (Lipinski definition) is 1. The van der Waals surface area contributed by atoms with Gasteiger partial charge in [-0.3, -0.25) is 9.59 Å². The molecule has 7 heteroatoms. The van der Waals surface area contributed by atoms with Gasteiger partial charge in [0.2, 0.25) is 5.91 Å². The fourth-order valence-electron chi connectivity index (χ4n) is 1.62. The Kier molecular flexibility index (Phi) is 5.71. The maximum absolute atomic E-state index is 13.1. The molecule has 1 N–H and O–H groups in total. The summed E-state index contributed by atoms with van der Waals surface area (Å²) in [6.45, 7) is 4.79. The number of halogens is 2. The smallest absolute Gasteiger partial charge is 0.323 e. The second kappa shape index (κ2) is 6.89. The van der Waals surface area contributed by atoms with E-state index in [1.54, 1.807) is 20.8 Å². The minimum Gasteiger partial charge on any atom is -0.480 e. The highest BCUT2D eigenvalue weighted by Gasteiger charge is 2.28. The van der Waals surface area contributed by atoms with Crippen molar-refractivity contribution in [3.05, 3.63) is 29.8 Å². The number of carbonyl (C=O) groups is 2. The topological polar surface area (TPSA) is 57.6 Å². The van der Waals surface area contributed by atoms with E-state index in [0.29, 0.717) is 4.90 Å². The van der Waals surface area contributed by atoms with Crippen LogP contribution in [0.15, 0.2) is 23.1 Å². The minimum atomic E-state index is -1.10. The lowest BCUT2D eigenvalue weighted by molar-refractivity contribution is -0.146. The minimum absolute atomic E-state index is 0.0460. The molecular formula is C14H17F2NO3S. The summed E-state index contributed by atoms with van der Waals surface area (Å²) in [5, 5.41) is 8.86. The van der Waals surface area contributed by atoms with Gasteiger partial charge in [-0.1, -0.05) is 0 Å². The van der Waals surface area contributed by atoms with Crippen molar-refractivity contribution in [2.45, 2.75) is 31.2 Å². The van der Waals surface area contributed by atoms with Gasteiger partial charge in [-0.2, -0.15) is 0 Å². The molecule has 0 heterocycles. The van der Waals surface area contributed by atoms with E-state index in [4.69, 9.17) is 5.11 Å². The first-order chi connectivity index (χ1) is 9.61. The van der Waals surface area contributed by atoms with E-state index in [2.05, 4.69) is 0 Å². The van der Waals surface area contributed by atoms with Crippen LogP contribution in [0.4, 0.5) is 8.78 Å². The van der Waals surface area contributed by atoms with Crippen LogP contribution in [0.25, 0.3) is 0 Å². The van der Waals surface area contributed by atoms with Crippen molar-refractivity contribution >= 4 is 23.6 Å². The van der Waals surface area contributed by atoms with Gasteiger partial charge in [0.1, 0.15) is 6.54 Å². The van der Waals surface area contributed by atoms with E-state index in [9.17, 15) is 18.4 Å². The summed E-state index contributed by atoms with van der Waals surface area (Å²) in [4.78, 5) is 24.6. The zero-order chi connectivity index (χ0) is 16.2. The third-order valence-electron chi connectivity index (χ3n) is 2.66. The molecule has 0 fully saturated rings. The number of amides is 1. The van der Waals surface area contributed by atoms with Crippen molar-refractivity contribution in [3.8, 4) is 0 Å². The summed E-state index contributed by atoms with van der Waals surface area (Å²) in [6, 6.07) is 3.36. The van der Waals surface area contributed by atoms with Crippen LogP contribution in [0.1, 0.15) is 20.8 Å². The summed E-state index contributed by atoms with van der Waals surface area (Å²) in [5.74, 6) is -3.45. The van der Waals surface area contributed by atoms with E-state index in [1.165, 1.54) is 11.0 Å². The summed E-state index contributed by atoms with van der Waals surface area (Å²) in [5.41, 5.74) is -0.635. The average Bonchev–Trinajstić information content (AvgIpc) is 2.35. The molecule has 4 nitrogen and oxygen atoms in total. The highest BCUT2D eigenvalue weighted by Crippen LogP contribution is 2.22. The zero-order valence-electron chi connectivity index (χ0n) is 12.0. The van der Waals surface area contributed by atoms with Crippen LogP contribution in [0.2, 0.25) is 0 Å². The molecule has 0 unspecified atom stereocenters. The van der Waals surface area contributed by atoms with Crippen LogP contribution in [0.5, 0.6) is 0 Å². The number of carbonyl (C=O) groups excluding carboxylic acids is 1. The van der Waals surface area contributed by atoms with Crippen molar-refractivity contribution in [1.82, 2.24) is 4.90 Å². The summed E-state index contributed by atoms with van der Waals surface area (Å²) >= 11 is 1.03. The van der Waals surface area contributed by atoms with Crippen molar-refractivity contribution in [1.29, 1.82) is 0 Å². The molecular weight excluding hydrogens is 300 g/mol. The molecule has 1 aromatic carbocycles. The standard InChI is InChI=1S/C14H17F2NO3S/c1-14(2,3)17(7-13(19)20)12(18)8-21-9-4-5-10(15)11(16)6-9/h4-6H,7-8H2,1-3H3,(H,19,20). The van der Waals surface area contributed by atoms with Crippen molar-refractivity contribution in [3.63, 3.8) is 0 Å². The quantitative estimate of drug-likeness (QED) is 0.849. The molecule has 0 aliphatic heterocycles. The monoisotopic (exact) mass is 317 g/mol. The van der Waals surface area contributed by atoms with E-state index in [-0.39, 0.29) is 11.7 Å². The van der Waals surface area contributed by atoms with Gasteiger partial charge in [0.25, 0.3) is 0 Å². The second-order valence-electron chi connectivity index (χ2n) is 5.41. The lowest BCUT2D eigenvalue weighted by atomic mass is 10.1. The lowest BCUT2D eigenvalue weighted by Gasteiger charge is -2.34. The van der Waals surface area contributed by atoms with Gasteiger partial charge in [0.05, 0.1) is 5.75 Å². The van der Waals surface area contributed by atoms with E-state index in [0.717, 1.165) is 23.9 Å². The van der Waals surface area contributed by atoms with Gasteiger partial charge in [0, 0.05) is 10.4 Å². The van der Waals surface area contributed by atoms with Crippen LogP contribution in [-0.4, -0.2) is 39.7 Å². The van der Waals surface area contributed by atoms with Crippen LogP contribution in [0, 0.1) is 11.6 Å². The number of carboxylic acids is 1. The Hall–Kier alpha value is -1.63. The number of rotatable bonds is 5. The largest absolute Gasteiger partial charge is 0.480 e. The normalized spacial score (nSPS) is 11.3. The molecule has 0 spiro atoms. The van der Waals surface area contributed by atoms with Crippen LogP contribution >= 0.6 is 11.8 Å². The van der Waals surface area contributed by atoms with Gasteiger partial charge in [0.15, 0.2) is 11.6 Å². The molecule has 0 radical (unpaired) electrons. The average molecular weight is 317 g/mol. The molecule has 1 rings (SSSR count). The molecule has 0 saturated heterocycles. The molecule has 0 saturated carbocycles. The van der Waals surface area contributed by atoms with Gasteiger partial charge in [-0.15, -0.1) is 11.8 Å². The Morgan fingerprint density at radius 1 is 1.24 bits per heavy atom. The Balaban J connectivity index is 2.73. The first-order valence-electron chi connectivity index (χ1n) is 6.21. The van der Waals surface area contributed by atoms with Gasteiger partial charge < -0.3 is 10.0 Å². The summed E-state index contributed by atoms with van der Waals surface area (Å²) in [6.07, 6.45) is 0. The SMILES string of the molecule is CC(C)(C)N(CC(=O)O)C(=O)CSc1ccc(F)c(F)c1. The molecule has 1 amide bonds. The van der Waals surface area contributed by atoms with Gasteiger partial charge >= 0.3 is 5.97 Å². The van der Waals surface area contributed by atoms with Crippen molar-refractivity contribution in [2.24, 2.45) is 0 Å². The number of hydrogen-bond acceptors (Lipinski definition) is 3. The first kappa shape index (κ1) is 17.4. The van der Waals surface area contributed by atoms with Crippen molar-refractivity contribution < 1.29 is 23.5 Å². The fourth-order valence-corrected chi connectivity index (χ4v) is 2.42. The third kappa shape index (κ3) is 5.34. The Bertz CT molecular complexity index is 544. The molecule has 0 atom stereocenters. The molecule has 0 aliphatic rings. The number of aliphatic carboxylic acids is 1. The Morgan fingerprint density at radius 2 is 1.86 bits per heavy atom. The van der Waals surface area contributed by atoms with Crippen LogP contribution in [0.3, 0.4) is 0 Å². The Morgan fingerprint density at radius 3 is 2.33 bits per heavy atom. The molecule has 0 aromatic heterocycles. The predicted molar refractivity (Wildman–Crippen MR) is 76.2 cm³/mol. The first-order valence-corrected chi connectivity index (χ1v) is 7.20. The van der Waals surface area contributed by atoms with Gasteiger partial charge in [-0.05, 0) is 39.0 Å². The fraction of sp³-hybridized carbons (Fsp3) is 0.429. The highest BCUT2D eigenvalue weighted by molar-refractivity contribution is 8.00. The lowest BCUT2D eigenvalue weighted by Crippen LogP contribution is -2.49.